The number of aromatic nitrogens is 1. The summed E-state index contributed by atoms with van der Waals surface area (Å²) in [5.74, 6) is -0.0168. The molecule has 0 spiro atoms. The van der Waals surface area contributed by atoms with E-state index in [9.17, 15) is 9.90 Å². The van der Waals surface area contributed by atoms with Crippen molar-refractivity contribution in [2.75, 3.05) is 12.3 Å². The lowest BCUT2D eigenvalue weighted by Crippen LogP contribution is -2.59. The number of nitrogen functional groups attached to an aromatic ring is 1. The quantitative estimate of drug-likeness (QED) is 0.872. The van der Waals surface area contributed by atoms with Gasteiger partial charge < -0.3 is 15.7 Å². The third-order valence-corrected chi connectivity index (χ3v) is 6.10. The summed E-state index contributed by atoms with van der Waals surface area (Å²) >= 11 is 0. The van der Waals surface area contributed by atoms with Crippen LogP contribution in [0.2, 0.25) is 0 Å². The van der Waals surface area contributed by atoms with E-state index in [1.807, 2.05) is 35.2 Å². The van der Waals surface area contributed by atoms with Crippen LogP contribution in [0.25, 0.3) is 0 Å². The molecule has 5 heteroatoms. The summed E-state index contributed by atoms with van der Waals surface area (Å²) < 4.78 is 0. The van der Waals surface area contributed by atoms with E-state index in [0.717, 1.165) is 31.2 Å². The van der Waals surface area contributed by atoms with Crippen molar-refractivity contribution in [1.82, 2.24) is 9.88 Å². The number of benzene rings is 1. The molecule has 4 rings (SSSR count). The molecule has 0 bridgehead atoms. The fourth-order valence-electron chi connectivity index (χ4n) is 4.76. The van der Waals surface area contributed by atoms with Gasteiger partial charge in [-0.2, -0.15) is 0 Å². The molecular formula is C21H25N3O2. The van der Waals surface area contributed by atoms with E-state index >= 15 is 0 Å². The number of pyridine rings is 1. The minimum atomic E-state index is -0.871. The van der Waals surface area contributed by atoms with E-state index in [1.54, 1.807) is 18.5 Å². The van der Waals surface area contributed by atoms with Gasteiger partial charge in [-0.3, -0.25) is 9.78 Å². The molecule has 2 aromatic rings. The number of amides is 1. The molecule has 1 aliphatic carbocycles. The zero-order valence-corrected chi connectivity index (χ0v) is 14.8. The molecule has 3 unspecified atom stereocenters. The molecule has 1 saturated heterocycles. The number of hydrogen-bond acceptors (Lipinski definition) is 4. The first-order valence-electron chi connectivity index (χ1n) is 9.39. The van der Waals surface area contributed by atoms with Crippen LogP contribution in [0.1, 0.15) is 48.0 Å². The average Bonchev–Trinajstić information content (AvgIpc) is 2.69. The van der Waals surface area contributed by atoms with Gasteiger partial charge in [-0.05, 0) is 30.9 Å². The lowest BCUT2D eigenvalue weighted by Gasteiger charge is -2.52. The van der Waals surface area contributed by atoms with Crippen LogP contribution in [0.3, 0.4) is 0 Å². The van der Waals surface area contributed by atoms with E-state index in [1.165, 1.54) is 0 Å². The Morgan fingerprint density at radius 1 is 1.19 bits per heavy atom. The van der Waals surface area contributed by atoms with E-state index < -0.39 is 5.60 Å². The third-order valence-electron chi connectivity index (χ3n) is 6.10. The van der Waals surface area contributed by atoms with Crippen LogP contribution in [-0.2, 0) is 5.60 Å². The summed E-state index contributed by atoms with van der Waals surface area (Å²) in [4.78, 5) is 19.1. The number of piperidine rings is 1. The Morgan fingerprint density at radius 2 is 1.96 bits per heavy atom. The lowest BCUT2D eigenvalue weighted by atomic mass is 9.66. The Labute approximate surface area is 153 Å². The van der Waals surface area contributed by atoms with Crippen molar-refractivity contribution >= 4 is 11.6 Å². The molecule has 1 amide bonds. The molecule has 0 radical (unpaired) electrons. The van der Waals surface area contributed by atoms with Gasteiger partial charge in [-0.1, -0.05) is 43.2 Å². The number of carbonyl (C=O) groups excluding carboxylic acids is 1. The maximum absolute atomic E-state index is 13.1. The molecule has 3 N–H and O–H groups in total. The third kappa shape index (κ3) is 2.76. The molecule has 2 heterocycles. The minimum Gasteiger partial charge on any atom is -0.398 e. The van der Waals surface area contributed by atoms with Gasteiger partial charge in [0, 0.05) is 36.6 Å². The average molecular weight is 351 g/mol. The summed E-state index contributed by atoms with van der Waals surface area (Å²) in [7, 11) is 0. The molecule has 5 nitrogen and oxygen atoms in total. The van der Waals surface area contributed by atoms with E-state index in [4.69, 9.17) is 5.73 Å². The number of anilines is 1. The first kappa shape index (κ1) is 17.0. The van der Waals surface area contributed by atoms with Gasteiger partial charge in [-0.25, -0.2) is 0 Å². The molecule has 2 fully saturated rings. The highest BCUT2D eigenvalue weighted by Crippen LogP contribution is 2.47. The molecule has 1 aliphatic heterocycles. The van der Waals surface area contributed by atoms with Crippen molar-refractivity contribution < 1.29 is 9.90 Å². The Kier molecular flexibility index (Phi) is 4.41. The zero-order chi connectivity index (χ0) is 18.1. The normalized spacial score (nSPS) is 28.4. The fraction of sp³-hybridized carbons (Fsp3) is 0.429. The van der Waals surface area contributed by atoms with Gasteiger partial charge in [-0.15, -0.1) is 0 Å². The smallest absolute Gasteiger partial charge is 0.257 e. The van der Waals surface area contributed by atoms with Crippen LogP contribution in [0.4, 0.5) is 5.69 Å². The number of nitrogens with zero attached hydrogens (tertiary/aromatic N) is 2. The monoisotopic (exact) mass is 351 g/mol. The first-order chi connectivity index (χ1) is 12.6. The number of carbonyl (C=O) groups is 1. The summed E-state index contributed by atoms with van der Waals surface area (Å²) in [6.45, 7) is 0.528. The first-order valence-corrected chi connectivity index (χ1v) is 9.39. The molecular weight excluding hydrogens is 326 g/mol. The van der Waals surface area contributed by atoms with Crippen molar-refractivity contribution in [2.45, 2.75) is 43.7 Å². The Balaban J connectivity index is 1.67. The summed E-state index contributed by atoms with van der Waals surface area (Å²) in [5.41, 5.74) is 7.01. The number of nitrogens with two attached hydrogens (primary N) is 1. The van der Waals surface area contributed by atoms with E-state index in [-0.39, 0.29) is 17.9 Å². The van der Waals surface area contributed by atoms with Gasteiger partial charge in [0.2, 0.25) is 0 Å². The predicted molar refractivity (Wildman–Crippen MR) is 100 cm³/mol. The second-order valence-electron chi connectivity index (χ2n) is 7.46. The topological polar surface area (TPSA) is 79.5 Å². The number of hydrogen-bond donors (Lipinski definition) is 2. The van der Waals surface area contributed by atoms with E-state index in [2.05, 4.69) is 4.98 Å². The molecule has 1 aromatic carbocycles. The van der Waals surface area contributed by atoms with Gasteiger partial charge >= 0.3 is 0 Å². The number of rotatable bonds is 2. The zero-order valence-electron chi connectivity index (χ0n) is 14.8. The number of fused-ring (bicyclic) bond motifs is 1. The van der Waals surface area contributed by atoms with Crippen molar-refractivity contribution in [3.63, 3.8) is 0 Å². The van der Waals surface area contributed by atoms with Crippen molar-refractivity contribution in [1.29, 1.82) is 0 Å². The summed E-state index contributed by atoms with van der Waals surface area (Å²) in [6, 6.07) is 11.6. The Hall–Kier alpha value is -2.40. The van der Waals surface area contributed by atoms with Gasteiger partial charge in [0.1, 0.15) is 0 Å². The summed E-state index contributed by atoms with van der Waals surface area (Å²) in [5, 5.41) is 11.6. The van der Waals surface area contributed by atoms with Crippen LogP contribution < -0.4 is 5.73 Å². The molecule has 2 aliphatic rings. The molecule has 26 heavy (non-hydrogen) atoms. The maximum atomic E-state index is 13.1. The Morgan fingerprint density at radius 3 is 2.73 bits per heavy atom. The maximum Gasteiger partial charge on any atom is 0.257 e. The van der Waals surface area contributed by atoms with Gasteiger partial charge in [0.15, 0.2) is 0 Å². The predicted octanol–water partition coefficient (Wildman–Crippen LogP) is 2.96. The highest BCUT2D eigenvalue weighted by molar-refractivity contribution is 5.99. The molecule has 1 saturated carbocycles. The van der Waals surface area contributed by atoms with E-state index in [0.29, 0.717) is 24.2 Å². The van der Waals surface area contributed by atoms with Crippen LogP contribution in [-0.4, -0.2) is 33.5 Å². The largest absolute Gasteiger partial charge is 0.398 e. The Bertz CT molecular complexity index is 795. The molecule has 3 atom stereocenters. The lowest BCUT2D eigenvalue weighted by molar-refractivity contribution is -0.110. The second kappa shape index (κ2) is 6.72. The molecule has 136 valence electrons. The highest BCUT2D eigenvalue weighted by Gasteiger charge is 2.50. The van der Waals surface area contributed by atoms with Crippen molar-refractivity contribution in [2.24, 2.45) is 5.92 Å². The van der Waals surface area contributed by atoms with Crippen LogP contribution in [0.15, 0.2) is 48.8 Å². The van der Waals surface area contributed by atoms with Crippen molar-refractivity contribution in [3.8, 4) is 0 Å². The second-order valence-corrected chi connectivity index (χ2v) is 7.46. The number of aliphatic hydroxyl groups is 1. The van der Waals surface area contributed by atoms with Gasteiger partial charge in [0.05, 0.1) is 11.2 Å². The highest BCUT2D eigenvalue weighted by atomic mass is 16.3. The minimum absolute atomic E-state index is 0.0369. The SMILES string of the molecule is Nc1ccncc1C(=O)N1CCC(O)(c2ccccc2)C2CCCCC21. The van der Waals surface area contributed by atoms with Crippen LogP contribution in [0, 0.1) is 5.92 Å². The summed E-state index contributed by atoms with van der Waals surface area (Å²) in [6.07, 6.45) is 7.72. The van der Waals surface area contributed by atoms with Crippen LogP contribution in [0.5, 0.6) is 0 Å². The van der Waals surface area contributed by atoms with Crippen molar-refractivity contribution in [3.05, 3.63) is 59.9 Å². The van der Waals surface area contributed by atoms with Gasteiger partial charge in [0.25, 0.3) is 5.91 Å². The van der Waals surface area contributed by atoms with Crippen LogP contribution >= 0.6 is 0 Å². The molecule has 1 aromatic heterocycles. The number of likely N-dealkylation sites (tertiary alicyclic amines) is 1. The standard InChI is InChI=1S/C21H25N3O2/c22-18-10-12-23-14-16(18)20(25)24-13-11-21(26,15-6-2-1-3-7-15)17-8-4-5-9-19(17)24/h1-3,6-7,10,12,14,17,19,26H,4-5,8-9,11,13H2,(H2,22,23). The fourth-order valence-corrected chi connectivity index (χ4v) is 4.76.